The molecule has 3 aromatic rings. The summed E-state index contributed by atoms with van der Waals surface area (Å²) in [5.74, 6) is 0.579. The summed E-state index contributed by atoms with van der Waals surface area (Å²) in [6.45, 7) is 3.86. The molecule has 0 aliphatic carbocycles. The average Bonchev–Trinajstić information content (AvgIpc) is 2.92. The molecule has 0 aliphatic heterocycles. The number of aromatic nitrogens is 2. The maximum absolute atomic E-state index is 12.8. The Bertz CT molecular complexity index is 1090. The Morgan fingerprint density at radius 3 is 2.25 bits per heavy atom. The van der Waals surface area contributed by atoms with Crippen molar-refractivity contribution in [3.63, 3.8) is 0 Å². The number of aryl methyl sites for hydroxylation is 1. The number of methoxy groups -OCH3 is 1. The second-order valence-electron chi connectivity index (χ2n) is 6.18. The minimum atomic E-state index is -3.77. The van der Waals surface area contributed by atoms with E-state index in [4.69, 9.17) is 27.9 Å². The molecular weight excluding hydrogens is 421 g/mol. The number of nitrogens with zero attached hydrogens (tertiary/aromatic N) is 2. The van der Waals surface area contributed by atoms with Crippen molar-refractivity contribution in [1.82, 2.24) is 9.78 Å². The van der Waals surface area contributed by atoms with E-state index in [-0.39, 0.29) is 4.90 Å². The summed E-state index contributed by atoms with van der Waals surface area (Å²) in [7, 11) is -2.25. The van der Waals surface area contributed by atoms with Crippen molar-refractivity contribution in [2.24, 2.45) is 0 Å². The molecule has 6 nitrogen and oxygen atoms in total. The molecule has 0 unspecified atom stereocenters. The van der Waals surface area contributed by atoms with Crippen LogP contribution in [0.2, 0.25) is 10.0 Å². The van der Waals surface area contributed by atoms with Crippen LogP contribution in [0.15, 0.2) is 47.4 Å². The van der Waals surface area contributed by atoms with E-state index in [9.17, 15) is 8.42 Å². The van der Waals surface area contributed by atoms with Crippen LogP contribution in [0.4, 0.5) is 5.69 Å². The molecule has 0 atom stereocenters. The van der Waals surface area contributed by atoms with Gasteiger partial charge in [0, 0.05) is 15.6 Å². The normalized spacial score (nSPS) is 11.5. The molecule has 3 rings (SSSR count). The first-order valence-electron chi connectivity index (χ1n) is 8.36. The SMILES string of the molecule is COc1ccc(S(=O)(=O)Nc2c(C)nn(Cc3c(Cl)cccc3Cl)c2C)cc1. The van der Waals surface area contributed by atoms with Crippen LogP contribution >= 0.6 is 23.2 Å². The average molecular weight is 440 g/mol. The highest BCUT2D eigenvalue weighted by Crippen LogP contribution is 2.28. The Hall–Kier alpha value is -2.22. The molecule has 1 N–H and O–H groups in total. The summed E-state index contributed by atoms with van der Waals surface area (Å²) in [5.41, 5.74) is 2.36. The number of hydrogen-bond donors (Lipinski definition) is 1. The largest absolute Gasteiger partial charge is 0.497 e. The smallest absolute Gasteiger partial charge is 0.262 e. The van der Waals surface area contributed by atoms with Gasteiger partial charge in [0.25, 0.3) is 10.0 Å². The molecule has 0 spiro atoms. The van der Waals surface area contributed by atoms with Crippen LogP contribution in [0.5, 0.6) is 5.75 Å². The first-order valence-corrected chi connectivity index (χ1v) is 10.6. The van der Waals surface area contributed by atoms with E-state index in [0.29, 0.717) is 39.4 Å². The zero-order valence-electron chi connectivity index (χ0n) is 15.5. The van der Waals surface area contributed by atoms with Crippen molar-refractivity contribution in [3.05, 3.63) is 69.5 Å². The van der Waals surface area contributed by atoms with Crippen molar-refractivity contribution in [2.45, 2.75) is 25.3 Å². The second kappa shape index (κ2) is 8.03. The monoisotopic (exact) mass is 439 g/mol. The minimum Gasteiger partial charge on any atom is -0.497 e. The van der Waals surface area contributed by atoms with E-state index in [0.717, 1.165) is 5.56 Å². The van der Waals surface area contributed by atoms with Crippen LogP contribution in [0, 0.1) is 13.8 Å². The molecule has 0 saturated heterocycles. The number of hydrogen-bond acceptors (Lipinski definition) is 4. The number of halogens is 2. The molecule has 28 heavy (non-hydrogen) atoms. The fourth-order valence-corrected chi connectivity index (χ4v) is 4.47. The molecule has 2 aromatic carbocycles. The number of benzene rings is 2. The first-order chi connectivity index (χ1) is 13.2. The van der Waals surface area contributed by atoms with E-state index in [2.05, 4.69) is 9.82 Å². The number of sulfonamides is 1. The third-order valence-corrected chi connectivity index (χ3v) is 6.43. The summed E-state index contributed by atoms with van der Waals surface area (Å²) in [5, 5.41) is 5.50. The lowest BCUT2D eigenvalue weighted by Crippen LogP contribution is -2.14. The Labute approximate surface area is 174 Å². The second-order valence-corrected chi connectivity index (χ2v) is 8.68. The van der Waals surface area contributed by atoms with Crippen molar-refractivity contribution in [2.75, 3.05) is 11.8 Å². The van der Waals surface area contributed by atoms with Crippen LogP contribution < -0.4 is 9.46 Å². The number of ether oxygens (including phenoxy) is 1. The predicted octanol–water partition coefficient (Wildman–Crippen LogP) is 4.66. The highest BCUT2D eigenvalue weighted by Gasteiger charge is 2.21. The van der Waals surface area contributed by atoms with E-state index >= 15 is 0 Å². The zero-order valence-corrected chi connectivity index (χ0v) is 17.9. The van der Waals surface area contributed by atoms with Gasteiger partial charge in [0.05, 0.1) is 35.6 Å². The molecule has 9 heteroatoms. The van der Waals surface area contributed by atoms with Crippen molar-refractivity contribution in [1.29, 1.82) is 0 Å². The van der Waals surface area contributed by atoms with Gasteiger partial charge in [-0.2, -0.15) is 5.10 Å². The lowest BCUT2D eigenvalue weighted by Gasteiger charge is -2.11. The number of anilines is 1. The van der Waals surface area contributed by atoms with Crippen molar-refractivity contribution < 1.29 is 13.2 Å². The van der Waals surface area contributed by atoms with Crippen molar-refractivity contribution in [3.8, 4) is 5.75 Å². The van der Waals surface area contributed by atoms with Gasteiger partial charge < -0.3 is 4.74 Å². The van der Waals surface area contributed by atoms with E-state index in [1.165, 1.54) is 19.2 Å². The summed E-state index contributed by atoms with van der Waals surface area (Å²) < 4.78 is 34.9. The molecular formula is C19H19Cl2N3O3S. The lowest BCUT2D eigenvalue weighted by molar-refractivity contribution is 0.414. The van der Waals surface area contributed by atoms with Crippen LogP contribution in [0.3, 0.4) is 0 Å². The van der Waals surface area contributed by atoms with Gasteiger partial charge in [0.15, 0.2) is 0 Å². The number of nitrogens with one attached hydrogen (secondary N) is 1. The first kappa shape index (κ1) is 20.5. The summed E-state index contributed by atoms with van der Waals surface area (Å²) >= 11 is 12.5. The van der Waals surface area contributed by atoms with Crippen LogP contribution in [-0.4, -0.2) is 25.3 Å². The summed E-state index contributed by atoms with van der Waals surface area (Å²) in [6, 6.07) is 11.4. The van der Waals surface area contributed by atoms with Crippen LogP contribution in [-0.2, 0) is 16.6 Å². The highest BCUT2D eigenvalue weighted by atomic mass is 35.5. The van der Waals surface area contributed by atoms with Gasteiger partial charge in [-0.15, -0.1) is 0 Å². The summed E-state index contributed by atoms with van der Waals surface area (Å²) in [4.78, 5) is 0.133. The fourth-order valence-electron chi connectivity index (χ4n) is 2.78. The maximum atomic E-state index is 12.8. The molecule has 148 valence electrons. The standard InChI is InChI=1S/C19H19Cl2N3O3S/c1-12-19(23-28(25,26)15-9-7-14(27-3)8-10-15)13(2)24(22-12)11-16-17(20)5-4-6-18(16)21/h4-10,23H,11H2,1-3H3. The predicted molar refractivity (Wildman–Crippen MR) is 111 cm³/mol. The Morgan fingerprint density at radius 1 is 1.07 bits per heavy atom. The molecule has 0 aliphatic rings. The van der Waals surface area contributed by atoms with Gasteiger partial charge in [0.1, 0.15) is 5.75 Å². The van der Waals surface area contributed by atoms with Gasteiger partial charge in [-0.05, 0) is 50.2 Å². The van der Waals surface area contributed by atoms with Gasteiger partial charge in [-0.25, -0.2) is 8.42 Å². The maximum Gasteiger partial charge on any atom is 0.262 e. The van der Waals surface area contributed by atoms with E-state index in [1.807, 2.05) is 0 Å². The van der Waals surface area contributed by atoms with Crippen LogP contribution in [0.1, 0.15) is 17.0 Å². The Balaban J connectivity index is 1.91. The van der Waals surface area contributed by atoms with Gasteiger partial charge in [0.2, 0.25) is 0 Å². The quantitative estimate of drug-likeness (QED) is 0.605. The molecule has 0 radical (unpaired) electrons. The molecule has 0 bridgehead atoms. The third-order valence-electron chi connectivity index (χ3n) is 4.36. The topological polar surface area (TPSA) is 73.2 Å². The van der Waals surface area contributed by atoms with Gasteiger partial charge >= 0.3 is 0 Å². The Kier molecular flexibility index (Phi) is 5.88. The van der Waals surface area contributed by atoms with Crippen molar-refractivity contribution >= 4 is 38.9 Å². The molecule has 0 saturated carbocycles. The Morgan fingerprint density at radius 2 is 1.68 bits per heavy atom. The lowest BCUT2D eigenvalue weighted by atomic mass is 10.2. The molecule has 0 fully saturated rings. The molecule has 1 heterocycles. The fraction of sp³-hybridized carbons (Fsp3) is 0.211. The minimum absolute atomic E-state index is 0.133. The highest BCUT2D eigenvalue weighted by molar-refractivity contribution is 7.92. The van der Waals surface area contributed by atoms with Gasteiger partial charge in [-0.3, -0.25) is 9.40 Å². The molecule has 0 amide bonds. The van der Waals surface area contributed by atoms with E-state index < -0.39 is 10.0 Å². The zero-order chi connectivity index (χ0) is 20.5. The molecule has 1 aromatic heterocycles. The summed E-state index contributed by atoms with van der Waals surface area (Å²) in [6.07, 6.45) is 0. The third kappa shape index (κ3) is 4.11. The van der Waals surface area contributed by atoms with Gasteiger partial charge in [-0.1, -0.05) is 29.3 Å². The number of rotatable bonds is 6. The van der Waals surface area contributed by atoms with Crippen LogP contribution in [0.25, 0.3) is 0 Å². The van der Waals surface area contributed by atoms with E-state index in [1.54, 1.807) is 48.9 Å².